The number of thiophene rings is 1. The van der Waals surface area contributed by atoms with Crippen LogP contribution >= 0.6 is 23.7 Å². The summed E-state index contributed by atoms with van der Waals surface area (Å²) in [6.45, 7) is 0. The van der Waals surface area contributed by atoms with Gasteiger partial charge in [0.15, 0.2) is 0 Å². The molecule has 0 bridgehead atoms. The second-order valence-corrected chi connectivity index (χ2v) is 2.29. The van der Waals surface area contributed by atoms with Crippen LogP contribution in [0.2, 0.25) is 0 Å². The van der Waals surface area contributed by atoms with Crippen LogP contribution in [0.5, 0.6) is 0 Å². The summed E-state index contributed by atoms with van der Waals surface area (Å²) in [4.78, 5) is 10.9. The van der Waals surface area contributed by atoms with Crippen molar-refractivity contribution in [1.82, 2.24) is 0 Å². The van der Waals surface area contributed by atoms with Crippen LogP contribution in [0.25, 0.3) is 0 Å². The molecule has 0 aliphatic carbocycles. The number of primary amides is 1. The number of carbonyl (C=O) groups is 1. The normalized spacial score (nSPS) is 7.20. The van der Waals surface area contributed by atoms with Crippen LogP contribution in [0.1, 0.15) is 9.67 Å². The van der Waals surface area contributed by atoms with Crippen molar-refractivity contribution in [3.05, 3.63) is 22.4 Å². The lowest BCUT2D eigenvalue weighted by molar-refractivity contribution is 0.100. The highest BCUT2D eigenvalue weighted by Crippen LogP contribution is 2.05. The smallest absolute Gasteiger partial charge is 0.258 e. The topological polar surface area (TPSA) is 74.6 Å². The Hall–Kier alpha value is -0.580. The van der Waals surface area contributed by atoms with Crippen molar-refractivity contribution < 1.29 is 10.3 Å². The summed E-state index contributed by atoms with van der Waals surface area (Å²) in [7, 11) is 0. The van der Waals surface area contributed by atoms with Crippen molar-refractivity contribution in [2.45, 2.75) is 0 Å². The van der Waals surface area contributed by atoms with E-state index in [4.69, 9.17) is 5.73 Å². The highest BCUT2D eigenvalue weighted by Gasteiger charge is 1.96. The van der Waals surface area contributed by atoms with Gasteiger partial charge in [-0.2, -0.15) is 0 Å². The summed E-state index contributed by atoms with van der Waals surface area (Å²) in [5.41, 5.74) is 4.93. The molecule has 0 saturated carbocycles. The first-order valence-corrected chi connectivity index (χ1v) is 3.02. The SMILES string of the molecule is Cl.NC(=O)c1cccs1.O. The maximum absolute atomic E-state index is 10.3. The van der Waals surface area contributed by atoms with E-state index >= 15 is 0 Å². The number of carbonyl (C=O) groups excluding carboxylic acids is 1. The van der Waals surface area contributed by atoms with Crippen LogP contribution in [0.15, 0.2) is 17.5 Å². The van der Waals surface area contributed by atoms with E-state index in [-0.39, 0.29) is 23.8 Å². The molecule has 1 amide bonds. The summed E-state index contributed by atoms with van der Waals surface area (Å²) in [6, 6.07) is 3.50. The van der Waals surface area contributed by atoms with E-state index in [0.29, 0.717) is 4.88 Å². The fraction of sp³-hybridized carbons (Fsp3) is 0. The Kier molecular flexibility index (Phi) is 6.34. The van der Waals surface area contributed by atoms with Gasteiger partial charge in [-0.1, -0.05) is 6.07 Å². The molecule has 0 aromatic carbocycles. The molecule has 0 atom stereocenters. The van der Waals surface area contributed by atoms with Gasteiger partial charge in [0.05, 0.1) is 4.88 Å². The molecule has 1 heterocycles. The molecule has 1 aromatic rings. The zero-order valence-electron chi connectivity index (χ0n) is 5.03. The van der Waals surface area contributed by atoms with Gasteiger partial charge >= 0.3 is 0 Å². The van der Waals surface area contributed by atoms with Crippen molar-refractivity contribution in [2.24, 2.45) is 5.73 Å². The van der Waals surface area contributed by atoms with E-state index in [1.165, 1.54) is 11.3 Å². The highest BCUT2D eigenvalue weighted by molar-refractivity contribution is 7.12. The maximum atomic E-state index is 10.3. The van der Waals surface area contributed by atoms with Crippen LogP contribution in [-0.4, -0.2) is 11.4 Å². The van der Waals surface area contributed by atoms with Gasteiger partial charge in [-0.3, -0.25) is 4.79 Å². The van der Waals surface area contributed by atoms with E-state index in [1.54, 1.807) is 12.1 Å². The molecular formula is C5H8ClNO2S. The zero-order valence-corrected chi connectivity index (χ0v) is 6.67. The van der Waals surface area contributed by atoms with Crippen molar-refractivity contribution >= 4 is 29.7 Å². The van der Waals surface area contributed by atoms with Crippen molar-refractivity contribution in [3.8, 4) is 0 Å². The molecule has 1 rings (SSSR count). The quantitative estimate of drug-likeness (QED) is 0.671. The minimum Gasteiger partial charge on any atom is -0.412 e. The number of hydrogen-bond donors (Lipinski definition) is 1. The second-order valence-electron chi connectivity index (χ2n) is 1.34. The number of halogens is 1. The number of hydrogen-bond acceptors (Lipinski definition) is 2. The Labute approximate surface area is 68.6 Å². The zero-order chi connectivity index (χ0) is 5.98. The van der Waals surface area contributed by atoms with Gasteiger partial charge in [-0.25, -0.2) is 0 Å². The van der Waals surface area contributed by atoms with E-state index in [9.17, 15) is 4.79 Å². The van der Waals surface area contributed by atoms with Crippen LogP contribution in [0, 0.1) is 0 Å². The predicted octanol–water partition coefficient (Wildman–Crippen LogP) is 0.444. The van der Waals surface area contributed by atoms with Gasteiger partial charge in [0.25, 0.3) is 5.91 Å². The lowest BCUT2D eigenvalue weighted by atomic mass is 10.5. The molecule has 0 unspecified atom stereocenters. The maximum Gasteiger partial charge on any atom is 0.258 e. The minimum atomic E-state index is -0.347. The molecule has 0 aliphatic heterocycles. The van der Waals surface area contributed by atoms with E-state index in [0.717, 1.165) is 0 Å². The first-order valence-electron chi connectivity index (χ1n) is 2.14. The van der Waals surface area contributed by atoms with Crippen LogP contribution in [-0.2, 0) is 0 Å². The fourth-order valence-corrected chi connectivity index (χ4v) is 0.996. The van der Waals surface area contributed by atoms with E-state index in [2.05, 4.69) is 0 Å². The van der Waals surface area contributed by atoms with Crippen molar-refractivity contribution in [1.29, 1.82) is 0 Å². The number of rotatable bonds is 1. The Balaban J connectivity index is 0. The molecule has 0 radical (unpaired) electrons. The van der Waals surface area contributed by atoms with Crippen LogP contribution < -0.4 is 5.73 Å². The lowest BCUT2D eigenvalue weighted by Gasteiger charge is -1.80. The number of amides is 1. The Morgan fingerprint density at radius 3 is 2.40 bits per heavy atom. The summed E-state index contributed by atoms with van der Waals surface area (Å²) in [6.07, 6.45) is 0. The number of nitrogens with two attached hydrogens (primary N) is 1. The first kappa shape index (κ1) is 12.1. The average Bonchev–Trinajstić information content (AvgIpc) is 2.12. The third-order valence-corrected chi connectivity index (χ3v) is 1.65. The molecule has 5 heteroatoms. The van der Waals surface area contributed by atoms with E-state index in [1.807, 2.05) is 5.38 Å². The molecule has 0 fully saturated rings. The van der Waals surface area contributed by atoms with Crippen molar-refractivity contribution in [3.63, 3.8) is 0 Å². The monoisotopic (exact) mass is 181 g/mol. The van der Waals surface area contributed by atoms with Gasteiger partial charge in [0, 0.05) is 0 Å². The van der Waals surface area contributed by atoms with Gasteiger partial charge in [0.2, 0.25) is 0 Å². The van der Waals surface area contributed by atoms with E-state index < -0.39 is 0 Å². The Morgan fingerprint density at radius 1 is 1.60 bits per heavy atom. The first-order chi connectivity index (χ1) is 3.80. The molecule has 58 valence electrons. The Morgan fingerprint density at radius 2 is 2.20 bits per heavy atom. The molecule has 10 heavy (non-hydrogen) atoms. The van der Waals surface area contributed by atoms with Crippen molar-refractivity contribution in [2.75, 3.05) is 0 Å². The molecule has 0 saturated heterocycles. The highest BCUT2D eigenvalue weighted by atomic mass is 35.5. The summed E-state index contributed by atoms with van der Waals surface area (Å²) in [5, 5.41) is 1.82. The summed E-state index contributed by atoms with van der Waals surface area (Å²) in [5.74, 6) is -0.347. The summed E-state index contributed by atoms with van der Waals surface area (Å²) < 4.78 is 0. The summed E-state index contributed by atoms with van der Waals surface area (Å²) >= 11 is 1.36. The largest absolute Gasteiger partial charge is 0.412 e. The Bertz CT molecular complexity index is 188. The second kappa shape index (κ2) is 5.22. The molecule has 0 spiro atoms. The standard InChI is InChI=1S/C5H5NOS.ClH.H2O/c6-5(7)4-2-1-3-8-4;;/h1-3H,(H2,6,7);1H;1H2. The van der Waals surface area contributed by atoms with Gasteiger partial charge < -0.3 is 11.2 Å². The average molecular weight is 182 g/mol. The third-order valence-electron chi connectivity index (χ3n) is 0.764. The molecule has 3 nitrogen and oxygen atoms in total. The van der Waals surface area contributed by atoms with Gasteiger partial charge in [-0.15, -0.1) is 23.7 Å². The molecular weight excluding hydrogens is 174 g/mol. The fourth-order valence-electron chi connectivity index (χ4n) is 0.419. The van der Waals surface area contributed by atoms with Crippen LogP contribution in [0.3, 0.4) is 0 Å². The minimum absolute atomic E-state index is 0. The van der Waals surface area contributed by atoms with Crippen LogP contribution in [0.4, 0.5) is 0 Å². The molecule has 0 aliphatic rings. The molecule has 4 N–H and O–H groups in total. The van der Waals surface area contributed by atoms with Gasteiger partial charge in [-0.05, 0) is 11.4 Å². The molecule has 1 aromatic heterocycles. The van der Waals surface area contributed by atoms with Gasteiger partial charge in [0.1, 0.15) is 0 Å². The third kappa shape index (κ3) is 2.82. The predicted molar refractivity (Wildman–Crippen MR) is 43.7 cm³/mol. The lowest BCUT2D eigenvalue weighted by Crippen LogP contribution is -2.07.